The standard InChI is InChI=1S/C20H22N6O2S/c1-12(2)26-11-21-24-19(26)15-6-5-7-18(22-15)23-20(27)14-9-17-13(8-16(14)28-4)10-25(3)29-17/h5-9,11-12H,10H2,1-4H3,(H,22,23,27). The van der Waals surface area contributed by atoms with Crippen LogP contribution < -0.4 is 10.1 Å². The molecule has 3 aromatic rings. The molecule has 0 fully saturated rings. The first-order valence-electron chi connectivity index (χ1n) is 9.24. The van der Waals surface area contributed by atoms with E-state index in [0.717, 1.165) is 17.0 Å². The highest BCUT2D eigenvalue weighted by molar-refractivity contribution is 7.97. The molecule has 0 radical (unpaired) electrons. The van der Waals surface area contributed by atoms with Gasteiger partial charge in [-0.2, -0.15) is 0 Å². The predicted molar refractivity (Wildman–Crippen MR) is 112 cm³/mol. The Morgan fingerprint density at radius 3 is 2.90 bits per heavy atom. The lowest BCUT2D eigenvalue weighted by Gasteiger charge is -2.12. The van der Waals surface area contributed by atoms with E-state index in [1.54, 1.807) is 31.5 Å². The zero-order valence-corrected chi connectivity index (χ0v) is 17.5. The smallest absolute Gasteiger partial charge is 0.260 e. The van der Waals surface area contributed by atoms with Gasteiger partial charge in [0.1, 0.15) is 23.6 Å². The van der Waals surface area contributed by atoms with E-state index in [1.807, 2.05) is 49.7 Å². The van der Waals surface area contributed by atoms with Crippen molar-refractivity contribution in [2.45, 2.75) is 31.3 Å². The van der Waals surface area contributed by atoms with Gasteiger partial charge in [-0.1, -0.05) is 6.07 Å². The van der Waals surface area contributed by atoms with Crippen molar-refractivity contribution in [1.29, 1.82) is 0 Å². The molecule has 1 N–H and O–H groups in total. The van der Waals surface area contributed by atoms with Crippen molar-refractivity contribution in [3.05, 3.63) is 47.8 Å². The lowest BCUT2D eigenvalue weighted by molar-refractivity contribution is 0.102. The summed E-state index contributed by atoms with van der Waals surface area (Å²) in [6.07, 6.45) is 1.68. The molecular weight excluding hydrogens is 388 g/mol. The number of rotatable bonds is 5. The average molecular weight is 411 g/mol. The zero-order chi connectivity index (χ0) is 20.5. The Labute approximate surface area is 173 Å². The molecule has 0 unspecified atom stereocenters. The van der Waals surface area contributed by atoms with Crippen molar-refractivity contribution in [1.82, 2.24) is 24.1 Å². The summed E-state index contributed by atoms with van der Waals surface area (Å²) in [5.41, 5.74) is 2.28. The minimum absolute atomic E-state index is 0.200. The number of carbonyl (C=O) groups excluding carboxylic acids is 1. The molecule has 150 valence electrons. The van der Waals surface area contributed by atoms with E-state index in [-0.39, 0.29) is 11.9 Å². The lowest BCUT2D eigenvalue weighted by atomic mass is 10.1. The van der Waals surface area contributed by atoms with Crippen LogP contribution in [0.2, 0.25) is 0 Å². The molecule has 1 amide bonds. The third-order valence-electron chi connectivity index (χ3n) is 4.62. The summed E-state index contributed by atoms with van der Waals surface area (Å²) in [4.78, 5) is 18.6. The lowest BCUT2D eigenvalue weighted by Crippen LogP contribution is -2.15. The number of pyridine rings is 1. The molecule has 0 atom stereocenters. The van der Waals surface area contributed by atoms with Crippen LogP contribution in [-0.2, 0) is 6.54 Å². The number of carbonyl (C=O) groups is 1. The van der Waals surface area contributed by atoms with Crippen LogP contribution in [-0.4, -0.2) is 44.1 Å². The normalized spacial score (nSPS) is 13.6. The van der Waals surface area contributed by atoms with Crippen LogP contribution >= 0.6 is 11.9 Å². The summed E-state index contributed by atoms with van der Waals surface area (Å²) in [5, 5.41) is 11.0. The van der Waals surface area contributed by atoms with Crippen molar-refractivity contribution in [3.63, 3.8) is 0 Å². The number of nitrogens with zero attached hydrogens (tertiary/aromatic N) is 5. The number of hydrogen-bond acceptors (Lipinski definition) is 7. The fourth-order valence-corrected chi connectivity index (χ4v) is 4.16. The van der Waals surface area contributed by atoms with Crippen LogP contribution in [0.4, 0.5) is 5.82 Å². The van der Waals surface area contributed by atoms with Gasteiger partial charge in [0.2, 0.25) is 0 Å². The average Bonchev–Trinajstić information content (AvgIpc) is 3.32. The molecule has 9 heteroatoms. The second-order valence-corrected chi connectivity index (χ2v) is 8.30. The first-order valence-corrected chi connectivity index (χ1v) is 10.0. The fraction of sp³-hybridized carbons (Fsp3) is 0.300. The third-order valence-corrected chi connectivity index (χ3v) is 5.64. The van der Waals surface area contributed by atoms with Crippen molar-refractivity contribution < 1.29 is 9.53 Å². The second kappa shape index (κ2) is 7.84. The molecule has 4 rings (SSSR count). The molecule has 0 aliphatic carbocycles. The number of ether oxygens (including phenoxy) is 1. The van der Waals surface area contributed by atoms with E-state index in [0.29, 0.717) is 28.6 Å². The van der Waals surface area contributed by atoms with Crippen molar-refractivity contribution in [3.8, 4) is 17.3 Å². The highest BCUT2D eigenvalue weighted by Gasteiger charge is 2.23. The first kappa shape index (κ1) is 19.4. The van der Waals surface area contributed by atoms with Crippen LogP contribution in [0.3, 0.4) is 0 Å². The molecule has 2 aromatic heterocycles. The summed E-state index contributed by atoms with van der Waals surface area (Å²) in [7, 11) is 3.59. The van der Waals surface area contributed by atoms with Gasteiger partial charge in [-0.15, -0.1) is 10.2 Å². The molecule has 8 nitrogen and oxygen atoms in total. The fourth-order valence-electron chi connectivity index (χ4n) is 3.21. The number of anilines is 1. The Morgan fingerprint density at radius 2 is 2.14 bits per heavy atom. The minimum atomic E-state index is -0.269. The molecule has 0 spiro atoms. The predicted octanol–water partition coefficient (Wildman–Crippen LogP) is 3.63. The van der Waals surface area contributed by atoms with Gasteiger partial charge in [0.15, 0.2) is 5.82 Å². The van der Waals surface area contributed by atoms with Gasteiger partial charge in [-0.25, -0.2) is 9.29 Å². The summed E-state index contributed by atoms with van der Waals surface area (Å²) in [6.45, 7) is 4.92. The quantitative estimate of drug-likeness (QED) is 0.643. The number of methoxy groups -OCH3 is 1. The SMILES string of the molecule is COc1cc2c(cc1C(=O)Nc1cccc(-c3nncn3C(C)C)n1)SN(C)C2. The highest BCUT2D eigenvalue weighted by Crippen LogP contribution is 2.38. The molecule has 0 saturated carbocycles. The summed E-state index contributed by atoms with van der Waals surface area (Å²) >= 11 is 1.62. The van der Waals surface area contributed by atoms with Crippen LogP contribution in [0.25, 0.3) is 11.5 Å². The Balaban J connectivity index is 1.61. The molecule has 1 aromatic carbocycles. The molecule has 0 bridgehead atoms. The van der Waals surface area contributed by atoms with E-state index in [4.69, 9.17) is 4.74 Å². The third kappa shape index (κ3) is 3.83. The van der Waals surface area contributed by atoms with E-state index < -0.39 is 0 Å². The van der Waals surface area contributed by atoms with Crippen LogP contribution in [0.5, 0.6) is 5.75 Å². The van der Waals surface area contributed by atoms with E-state index >= 15 is 0 Å². The van der Waals surface area contributed by atoms with Gasteiger partial charge in [0.25, 0.3) is 5.91 Å². The molecule has 1 aliphatic rings. The van der Waals surface area contributed by atoms with E-state index in [2.05, 4.69) is 24.8 Å². The van der Waals surface area contributed by atoms with Gasteiger partial charge in [-0.3, -0.25) is 4.79 Å². The van der Waals surface area contributed by atoms with Gasteiger partial charge in [-0.05, 0) is 62.7 Å². The van der Waals surface area contributed by atoms with Crippen LogP contribution in [0, 0.1) is 0 Å². The molecule has 0 saturated heterocycles. The number of nitrogens with one attached hydrogen (secondary N) is 1. The Morgan fingerprint density at radius 1 is 1.31 bits per heavy atom. The maximum atomic E-state index is 13.0. The maximum absolute atomic E-state index is 13.0. The molecule has 29 heavy (non-hydrogen) atoms. The Bertz CT molecular complexity index is 1060. The molecule has 3 heterocycles. The summed E-state index contributed by atoms with van der Waals surface area (Å²) < 4.78 is 9.51. The second-order valence-electron chi connectivity index (χ2n) is 7.06. The van der Waals surface area contributed by atoms with E-state index in [9.17, 15) is 4.79 Å². The van der Waals surface area contributed by atoms with Crippen LogP contribution in [0.1, 0.15) is 35.8 Å². The number of fused-ring (bicyclic) bond motifs is 1. The van der Waals surface area contributed by atoms with Crippen LogP contribution in [0.15, 0.2) is 41.6 Å². The largest absolute Gasteiger partial charge is 0.496 e. The maximum Gasteiger partial charge on any atom is 0.260 e. The number of benzene rings is 1. The number of amides is 1. The topological polar surface area (TPSA) is 85.2 Å². The van der Waals surface area contributed by atoms with Gasteiger partial charge < -0.3 is 14.6 Å². The highest BCUT2D eigenvalue weighted by atomic mass is 32.2. The number of aromatic nitrogens is 4. The van der Waals surface area contributed by atoms with Crippen molar-refractivity contribution >= 4 is 23.7 Å². The summed E-state index contributed by atoms with van der Waals surface area (Å²) in [6, 6.07) is 9.43. The van der Waals surface area contributed by atoms with E-state index in [1.165, 1.54) is 0 Å². The first-order chi connectivity index (χ1) is 14.0. The van der Waals surface area contributed by atoms with Gasteiger partial charge in [0.05, 0.1) is 12.7 Å². The van der Waals surface area contributed by atoms with Gasteiger partial charge in [0, 0.05) is 17.5 Å². The zero-order valence-electron chi connectivity index (χ0n) is 16.7. The number of hydrogen-bond donors (Lipinski definition) is 1. The Kier molecular flexibility index (Phi) is 5.25. The monoisotopic (exact) mass is 410 g/mol. The molecule has 1 aliphatic heterocycles. The van der Waals surface area contributed by atoms with Crippen molar-refractivity contribution in [2.24, 2.45) is 0 Å². The van der Waals surface area contributed by atoms with Crippen molar-refractivity contribution in [2.75, 3.05) is 19.5 Å². The minimum Gasteiger partial charge on any atom is -0.496 e. The Hall–Kier alpha value is -2.91. The molecular formula is C20H22N6O2S. The van der Waals surface area contributed by atoms with Gasteiger partial charge >= 0.3 is 0 Å². The summed E-state index contributed by atoms with van der Waals surface area (Å²) in [5.74, 6) is 1.38.